The maximum absolute atomic E-state index is 13.5. The van der Waals surface area contributed by atoms with Crippen LogP contribution in [0.25, 0.3) is 22.6 Å². The molecule has 0 spiro atoms. The minimum atomic E-state index is -0.637. The van der Waals surface area contributed by atoms with Crippen molar-refractivity contribution in [2.45, 2.75) is 31.9 Å². The number of ether oxygens (including phenoxy) is 1. The fraction of sp³-hybridized carbons (Fsp3) is 0.200. The fourth-order valence-corrected chi connectivity index (χ4v) is 3.78. The van der Waals surface area contributed by atoms with Crippen LogP contribution in [0.5, 0.6) is 0 Å². The number of nitrogens with one attached hydrogen (secondary N) is 1. The monoisotopic (exact) mass is 443 g/mol. The van der Waals surface area contributed by atoms with Crippen LogP contribution in [-0.2, 0) is 11.3 Å². The van der Waals surface area contributed by atoms with Gasteiger partial charge in [-0.1, -0.05) is 30.3 Å². The van der Waals surface area contributed by atoms with E-state index in [-0.39, 0.29) is 18.4 Å². The third-order valence-corrected chi connectivity index (χ3v) is 5.70. The van der Waals surface area contributed by atoms with Crippen molar-refractivity contribution < 1.29 is 13.9 Å². The first-order valence-electron chi connectivity index (χ1n) is 10.8. The van der Waals surface area contributed by atoms with E-state index in [9.17, 15) is 9.18 Å². The Kier molecular flexibility index (Phi) is 5.80. The average Bonchev–Trinajstić information content (AvgIpc) is 3.22. The minimum Gasteiger partial charge on any atom is -0.444 e. The van der Waals surface area contributed by atoms with Crippen LogP contribution in [0, 0.1) is 5.82 Å². The van der Waals surface area contributed by atoms with Crippen LogP contribution in [0.1, 0.15) is 30.9 Å². The fourth-order valence-electron chi connectivity index (χ4n) is 3.78. The lowest BCUT2D eigenvalue weighted by atomic mass is 9.92. The molecule has 8 heteroatoms. The molecule has 1 fully saturated rings. The molecule has 1 aliphatic carbocycles. The highest BCUT2D eigenvalue weighted by molar-refractivity contribution is 5.83. The topological polar surface area (TPSA) is 81.9 Å². The van der Waals surface area contributed by atoms with Crippen molar-refractivity contribution >= 4 is 12.0 Å². The van der Waals surface area contributed by atoms with E-state index in [1.165, 1.54) is 12.1 Å². The zero-order chi connectivity index (χ0) is 22.6. The Morgan fingerprint density at radius 1 is 1.06 bits per heavy atom. The molecule has 0 aliphatic heterocycles. The van der Waals surface area contributed by atoms with Gasteiger partial charge in [0.2, 0.25) is 5.95 Å². The van der Waals surface area contributed by atoms with Crippen molar-refractivity contribution in [1.82, 2.24) is 19.5 Å². The summed E-state index contributed by atoms with van der Waals surface area (Å²) in [5.41, 5.74) is 3.82. The summed E-state index contributed by atoms with van der Waals surface area (Å²) in [5, 5.41) is 2.60. The van der Waals surface area contributed by atoms with E-state index in [0.29, 0.717) is 17.4 Å². The van der Waals surface area contributed by atoms with Crippen LogP contribution in [0.3, 0.4) is 0 Å². The Morgan fingerprint density at radius 2 is 1.85 bits per heavy atom. The highest BCUT2D eigenvalue weighted by Crippen LogP contribution is 2.39. The third-order valence-electron chi connectivity index (χ3n) is 5.70. The second-order valence-electron chi connectivity index (χ2n) is 7.89. The van der Waals surface area contributed by atoms with E-state index in [1.807, 2.05) is 30.3 Å². The zero-order valence-corrected chi connectivity index (χ0v) is 17.8. The lowest BCUT2D eigenvalue weighted by molar-refractivity contribution is 0.155. The molecule has 4 aromatic rings. The normalized spacial score (nSPS) is 13.4. The van der Waals surface area contributed by atoms with Crippen LogP contribution in [0.4, 0.5) is 15.1 Å². The molecule has 0 radical (unpaired) electrons. The molecule has 7 nitrogen and oxygen atoms in total. The van der Waals surface area contributed by atoms with Gasteiger partial charge in [0.1, 0.15) is 12.4 Å². The Morgan fingerprint density at radius 3 is 2.58 bits per heavy atom. The number of hydrogen-bond acceptors (Lipinski definition) is 5. The molecule has 2 heterocycles. The van der Waals surface area contributed by atoms with E-state index in [2.05, 4.69) is 24.8 Å². The number of imidazole rings is 1. The second kappa shape index (κ2) is 9.20. The molecular weight excluding hydrogens is 421 g/mol. The molecule has 0 bridgehead atoms. The number of aromatic nitrogens is 4. The van der Waals surface area contributed by atoms with E-state index >= 15 is 0 Å². The third kappa shape index (κ3) is 4.59. The van der Waals surface area contributed by atoms with Gasteiger partial charge in [-0.15, -0.1) is 0 Å². The maximum Gasteiger partial charge on any atom is 0.414 e. The molecular formula is C25H22FN5O2. The van der Waals surface area contributed by atoms with Crippen molar-refractivity contribution in [1.29, 1.82) is 0 Å². The van der Waals surface area contributed by atoms with Crippen LogP contribution in [0.2, 0.25) is 0 Å². The van der Waals surface area contributed by atoms with Crippen molar-refractivity contribution in [3.8, 4) is 22.6 Å². The number of hydrogen-bond donors (Lipinski definition) is 1. The van der Waals surface area contributed by atoms with Gasteiger partial charge in [0.25, 0.3) is 0 Å². The van der Waals surface area contributed by atoms with Gasteiger partial charge in [0, 0.05) is 17.8 Å². The molecule has 0 atom stereocenters. The van der Waals surface area contributed by atoms with E-state index in [4.69, 9.17) is 4.74 Å². The van der Waals surface area contributed by atoms with E-state index in [0.717, 1.165) is 36.1 Å². The quantitative estimate of drug-likeness (QED) is 0.418. The molecule has 2 aromatic heterocycles. The summed E-state index contributed by atoms with van der Waals surface area (Å²) >= 11 is 0. The molecule has 1 aliphatic rings. The number of anilines is 1. The molecule has 1 amide bonds. The molecule has 2 aromatic carbocycles. The van der Waals surface area contributed by atoms with Gasteiger partial charge in [0.05, 0.1) is 23.4 Å². The second-order valence-corrected chi connectivity index (χ2v) is 7.89. The summed E-state index contributed by atoms with van der Waals surface area (Å²) in [5.74, 6) is -0.168. The molecule has 5 rings (SSSR count). The molecule has 33 heavy (non-hydrogen) atoms. The Hall–Kier alpha value is -4.07. The van der Waals surface area contributed by atoms with Crippen molar-refractivity contribution in [2.75, 3.05) is 5.32 Å². The van der Waals surface area contributed by atoms with Crippen LogP contribution in [-0.4, -0.2) is 25.6 Å². The summed E-state index contributed by atoms with van der Waals surface area (Å²) in [6, 6.07) is 17.8. The van der Waals surface area contributed by atoms with Gasteiger partial charge in [-0.2, -0.15) is 0 Å². The summed E-state index contributed by atoms with van der Waals surface area (Å²) in [4.78, 5) is 25.6. The van der Waals surface area contributed by atoms with Crippen molar-refractivity contribution in [3.05, 3.63) is 84.6 Å². The standard InChI is InChI=1S/C25H22FN5O2/c26-19-11-9-18(10-12-19)22-23(31(16-28-22)20-7-4-8-20)21-13-14-27-24(29-21)30-25(32)33-15-17-5-2-1-3-6-17/h1-3,5-6,9-14,16,20H,4,7-8,15H2,(H,27,29,30,32). The molecule has 1 saturated carbocycles. The number of amides is 1. The first kappa shape index (κ1) is 20.8. The number of benzene rings is 2. The predicted molar refractivity (Wildman–Crippen MR) is 122 cm³/mol. The van der Waals surface area contributed by atoms with Gasteiger partial charge < -0.3 is 9.30 Å². The van der Waals surface area contributed by atoms with E-state index < -0.39 is 6.09 Å². The molecule has 1 N–H and O–H groups in total. The highest BCUT2D eigenvalue weighted by Gasteiger charge is 2.26. The lowest BCUT2D eigenvalue weighted by Gasteiger charge is -2.28. The smallest absolute Gasteiger partial charge is 0.414 e. The largest absolute Gasteiger partial charge is 0.444 e. The Balaban J connectivity index is 1.41. The van der Waals surface area contributed by atoms with Gasteiger partial charge in [0.15, 0.2) is 0 Å². The maximum atomic E-state index is 13.5. The predicted octanol–water partition coefficient (Wildman–Crippen LogP) is 5.62. The van der Waals surface area contributed by atoms with Crippen LogP contribution >= 0.6 is 0 Å². The number of carbonyl (C=O) groups excluding carboxylic acids is 1. The summed E-state index contributed by atoms with van der Waals surface area (Å²) in [6.07, 6.45) is 6.05. The first-order valence-corrected chi connectivity index (χ1v) is 10.8. The van der Waals surface area contributed by atoms with Gasteiger partial charge in [-0.3, -0.25) is 5.32 Å². The molecule has 0 saturated heterocycles. The Labute approximate surface area is 190 Å². The first-order chi connectivity index (χ1) is 16.2. The van der Waals surface area contributed by atoms with Gasteiger partial charge in [-0.05, 0) is 55.2 Å². The lowest BCUT2D eigenvalue weighted by Crippen LogP contribution is -2.18. The summed E-state index contributed by atoms with van der Waals surface area (Å²) < 4.78 is 20.9. The van der Waals surface area contributed by atoms with Gasteiger partial charge in [-0.25, -0.2) is 24.1 Å². The minimum absolute atomic E-state index is 0.136. The number of halogens is 1. The van der Waals surface area contributed by atoms with Gasteiger partial charge >= 0.3 is 6.09 Å². The van der Waals surface area contributed by atoms with Crippen LogP contribution in [0.15, 0.2) is 73.2 Å². The zero-order valence-electron chi connectivity index (χ0n) is 17.8. The molecule has 0 unspecified atom stereocenters. The van der Waals surface area contributed by atoms with Crippen LogP contribution < -0.4 is 5.32 Å². The number of rotatable bonds is 6. The summed E-state index contributed by atoms with van der Waals surface area (Å²) in [6.45, 7) is 0.148. The highest BCUT2D eigenvalue weighted by atomic mass is 19.1. The Bertz CT molecular complexity index is 1250. The average molecular weight is 443 g/mol. The SMILES string of the molecule is O=C(Nc1nccc(-c2c(-c3ccc(F)cc3)ncn2C2CCC2)n1)OCc1ccccc1. The summed E-state index contributed by atoms with van der Waals surface area (Å²) in [7, 11) is 0. The van der Waals surface area contributed by atoms with Crippen molar-refractivity contribution in [3.63, 3.8) is 0 Å². The molecule has 166 valence electrons. The number of nitrogens with zero attached hydrogens (tertiary/aromatic N) is 4. The van der Waals surface area contributed by atoms with E-state index in [1.54, 1.807) is 30.7 Å². The number of carbonyl (C=O) groups is 1. The van der Waals surface area contributed by atoms with Crippen molar-refractivity contribution in [2.24, 2.45) is 0 Å².